The molecule has 102 valence electrons. The summed E-state index contributed by atoms with van der Waals surface area (Å²) in [4.78, 5) is 7.94. The van der Waals surface area contributed by atoms with Crippen LogP contribution in [0.25, 0.3) is 16.2 Å². The molecule has 0 bridgehead atoms. The topological polar surface area (TPSA) is 71.2 Å². The molecule has 1 aliphatic rings. The summed E-state index contributed by atoms with van der Waals surface area (Å²) in [5.41, 5.74) is 1.65. The molecule has 0 spiro atoms. The molecular formula is C12H13N7S. The van der Waals surface area contributed by atoms with Crippen molar-refractivity contribution in [1.29, 1.82) is 0 Å². The predicted molar refractivity (Wildman–Crippen MR) is 77.0 cm³/mol. The summed E-state index contributed by atoms with van der Waals surface area (Å²) < 4.78 is 1.77. The second-order valence-electron chi connectivity index (χ2n) is 4.60. The summed E-state index contributed by atoms with van der Waals surface area (Å²) in [6.07, 6.45) is 1.85. The Morgan fingerprint density at radius 1 is 1.25 bits per heavy atom. The number of rotatable bonds is 2. The third-order valence-electron chi connectivity index (χ3n) is 3.40. The van der Waals surface area contributed by atoms with Crippen LogP contribution in [0.3, 0.4) is 0 Å². The lowest BCUT2D eigenvalue weighted by Gasteiger charge is -2.28. The van der Waals surface area contributed by atoms with E-state index in [0.717, 1.165) is 48.2 Å². The molecule has 4 rings (SSSR count). The van der Waals surface area contributed by atoms with Crippen molar-refractivity contribution in [3.63, 3.8) is 0 Å². The van der Waals surface area contributed by atoms with Gasteiger partial charge >= 0.3 is 0 Å². The zero-order valence-electron chi connectivity index (χ0n) is 10.7. The van der Waals surface area contributed by atoms with Gasteiger partial charge in [0.05, 0.1) is 11.1 Å². The number of nitrogens with zero attached hydrogens (tertiary/aromatic N) is 6. The molecule has 0 amide bonds. The first-order valence-corrected chi connectivity index (χ1v) is 7.38. The average Bonchev–Trinajstić information content (AvgIpc) is 3.18. The van der Waals surface area contributed by atoms with E-state index in [1.807, 2.05) is 23.7 Å². The van der Waals surface area contributed by atoms with Gasteiger partial charge in [0.2, 0.25) is 5.65 Å². The van der Waals surface area contributed by atoms with E-state index in [1.165, 1.54) is 0 Å². The molecule has 1 aliphatic heterocycles. The molecule has 0 unspecified atom stereocenters. The number of anilines is 1. The molecule has 3 aromatic rings. The van der Waals surface area contributed by atoms with Crippen molar-refractivity contribution in [3.05, 3.63) is 23.7 Å². The van der Waals surface area contributed by atoms with Gasteiger partial charge in [0, 0.05) is 26.2 Å². The van der Waals surface area contributed by atoms with Gasteiger partial charge in [-0.2, -0.15) is 4.52 Å². The molecule has 1 saturated heterocycles. The maximum atomic E-state index is 4.60. The number of fused-ring (bicyclic) bond motifs is 1. The summed E-state index contributed by atoms with van der Waals surface area (Å²) in [6, 6.07) is 4.06. The van der Waals surface area contributed by atoms with Gasteiger partial charge in [0.1, 0.15) is 5.69 Å². The highest BCUT2D eigenvalue weighted by Crippen LogP contribution is 2.27. The van der Waals surface area contributed by atoms with E-state index in [-0.39, 0.29) is 0 Å². The smallest absolute Gasteiger partial charge is 0.222 e. The fourth-order valence-electron chi connectivity index (χ4n) is 2.42. The number of piperazine rings is 1. The molecule has 0 atom stereocenters. The monoisotopic (exact) mass is 287 g/mol. The van der Waals surface area contributed by atoms with Gasteiger partial charge in [-0.1, -0.05) is 6.07 Å². The maximum Gasteiger partial charge on any atom is 0.222 e. The van der Waals surface area contributed by atoms with Gasteiger partial charge < -0.3 is 10.2 Å². The van der Waals surface area contributed by atoms with Crippen molar-refractivity contribution in [1.82, 2.24) is 30.3 Å². The third-order valence-corrected chi connectivity index (χ3v) is 4.29. The third kappa shape index (κ3) is 1.84. The Kier molecular flexibility index (Phi) is 2.82. The van der Waals surface area contributed by atoms with Crippen LogP contribution in [0, 0.1) is 0 Å². The summed E-state index contributed by atoms with van der Waals surface area (Å²) >= 11 is 1.66. The van der Waals surface area contributed by atoms with Crippen molar-refractivity contribution in [3.8, 4) is 10.6 Å². The first kappa shape index (κ1) is 11.7. The van der Waals surface area contributed by atoms with Crippen molar-refractivity contribution in [2.75, 3.05) is 31.1 Å². The zero-order chi connectivity index (χ0) is 13.4. The van der Waals surface area contributed by atoms with Gasteiger partial charge in [0.25, 0.3) is 0 Å². The van der Waals surface area contributed by atoms with Crippen LogP contribution in [0.5, 0.6) is 0 Å². The Morgan fingerprint density at radius 3 is 2.95 bits per heavy atom. The molecule has 1 N–H and O–H groups in total. The number of nitrogens with one attached hydrogen (secondary N) is 1. The van der Waals surface area contributed by atoms with Crippen LogP contribution in [-0.4, -0.2) is 51.2 Å². The molecule has 0 aliphatic carbocycles. The molecule has 8 heteroatoms. The Morgan fingerprint density at radius 2 is 2.15 bits per heavy atom. The van der Waals surface area contributed by atoms with Crippen molar-refractivity contribution >= 4 is 22.8 Å². The number of aromatic nitrogens is 5. The Hall–Kier alpha value is -2.06. The van der Waals surface area contributed by atoms with Gasteiger partial charge in [-0.15, -0.1) is 16.4 Å². The highest BCUT2D eigenvalue weighted by Gasteiger charge is 2.19. The minimum Gasteiger partial charge on any atom is -0.351 e. The Labute approximate surface area is 119 Å². The quantitative estimate of drug-likeness (QED) is 0.746. The maximum absolute atomic E-state index is 4.60. The second kappa shape index (κ2) is 4.80. The second-order valence-corrected chi connectivity index (χ2v) is 5.54. The van der Waals surface area contributed by atoms with E-state index in [0.29, 0.717) is 0 Å². The molecule has 3 aromatic heterocycles. The lowest BCUT2D eigenvalue weighted by Crippen LogP contribution is -2.44. The van der Waals surface area contributed by atoms with Gasteiger partial charge in [-0.3, -0.25) is 0 Å². The van der Waals surface area contributed by atoms with Crippen LogP contribution < -0.4 is 10.2 Å². The number of thiophene rings is 1. The lowest BCUT2D eigenvalue weighted by molar-refractivity contribution is 0.585. The fourth-order valence-corrected chi connectivity index (χ4v) is 3.14. The Balaban J connectivity index is 1.85. The molecule has 0 aromatic carbocycles. The Bertz CT molecular complexity index is 715. The lowest BCUT2D eigenvalue weighted by atomic mass is 10.3. The first-order chi connectivity index (χ1) is 9.93. The minimum absolute atomic E-state index is 0.720. The molecule has 0 radical (unpaired) electrons. The van der Waals surface area contributed by atoms with Crippen LogP contribution in [0.2, 0.25) is 0 Å². The van der Waals surface area contributed by atoms with E-state index in [9.17, 15) is 0 Å². The number of tetrazole rings is 1. The van der Waals surface area contributed by atoms with Crippen LogP contribution in [0.4, 0.5) is 5.82 Å². The fraction of sp³-hybridized carbons (Fsp3) is 0.333. The van der Waals surface area contributed by atoms with Gasteiger partial charge in [-0.05, 0) is 21.9 Å². The summed E-state index contributed by atoms with van der Waals surface area (Å²) in [6.45, 7) is 3.77. The van der Waals surface area contributed by atoms with Crippen LogP contribution in [0.1, 0.15) is 0 Å². The van der Waals surface area contributed by atoms with Gasteiger partial charge in [0.15, 0.2) is 5.82 Å². The molecule has 20 heavy (non-hydrogen) atoms. The highest BCUT2D eigenvalue weighted by atomic mass is 32.1. The van der Waals surface area contributed by atoms with Gasteiger partial charge in [-0.25, -0.2) is 4.98 Å². The number of hydrogen-bond donors (Lipinski definition) is 1. The summed E-state index contributed by atoms with van der Waals surface area (Å²) in [7, 11) is 0. The predicted octanol–water partition coefficient (Wildman–Crippen LogP) is 0.657. The van der Waals surface area contributed by atoms with E-state index in [4.69, 9.17) is 0 Å². The average molecular weight is 287 g/mol. The standard InChI is InChI=1S/C12H13N7S/c1-2-10(20-7-1)9-8-14-11(12-15-16-17-19(9)12)18-5-3-13-4-6-18/h1-2,7-8,13H,3-6H2. The highest BCUT2D eigenvalue weighted by molar-refractivity contribution is 7.13. The SMILES string of the molecule is c1csc(-c2cnc(N3CCNCC3)c3nnnn23)c1. The van der Waals surface area contributed by atoms with Crippen molar-refractivity contribution < 1.29 is 0 Å². The van der Waals surface area contributed by atoms with E-state index in [2.05, 4.69) is 30.7 Å². The molecule has 4 heterocycles. The molecule has 1 fully saturated rings. The normalized spacial score (nSPS) is 15.9. The molecular weight excluding hydrogens is 274 g/mol. The van der Waals surface area contributed by atoms with E-state index < -0.39 is 0 Å². The van der Waals surface area contributed by atoms with Crippen LogP contribution >= 0.6 is 11.3 Å². The largest absolute Gasteiger partial charge is 0.351 e. The van der Waals surface area contributed by atoms with Crippen LogP contribution in [0.15, 0.2) is 23.7 Å². The zero-order valence-corrected chi connectivity index (χ0v) is 11.5. The first-order valence-electron chi connectivity index (χ1n) is 6.50. The molecule has 0 saturated carbocycles. The molecule has 7 nitrogen and oxygen atoms in total. The van der Waals surface area contributed by atoms with Crippen molar-refractivity contribution in [2.24, 2.45) is 0 Å². The van der Waals surface area contributed by atoms with E-state index in [1.54, 1.807) is 15.9 Å². The van der Waals surface area contributed by atoms with E-state index >= 15 is 0 Å². The van der Waals surface area contributed by atoms with Crippen molar-refractivity contribution in [2.45, 2.75) is 0 Å². The minimum atomic E-state index is 0.720. The summed E-state index contributed by atoms with van der Waals surface area (Å²) in [5.74, 6) is 0.858. The summed E-state index contributed by atoms with van der Waals surface area (Å²) in [5, 5.41) is 17.4. The van der Waals surface area contributed by atoms with Crippen LogP contribution in [-0.2, 0) is 0 Å². The number of hydrogen-bond acceptors (Lipinski definition) is 7.